The fraction of sp³-hybridized carbons (Fsp3) is 0.133. The molecule has 0 saturated carbocycles. The Bertz CT molecular complexity index is 656. The van der Waals surface area contributed by atoms with Crippen molar-refractivity contribution in [3.63, 3.8) is 0 Å². The van der Waals surface area contributed by atoms with E-state index in [1.54, 1.807) is 24.3 Å². The van der Waals surface area contributed by atoms with Gasteiger partial charge in [-0.05, 0) is 30.0 Å². The highest BCUT2D eigenvalue weighted by Crippen LogP contribution is 2.34. The number of carboxylic acid groups (broad SMARTS) is 1. The van der Waals surface area contributed by atoms with Crippen LogP contribution in [-0.4, -0.2) is 16.8 Å². The lowest BCUT2D eigenvalue weighted by molar-refractivity contribution is 0.0690. The van der Waals surface area contributed by atoms with Crippen molar-refractivity contribution in [1.82, 2.24) is 0 Å². The van der Waals surface area contributed by atoms with Gasteiger partial charge in [0.25, 0.3) is 0 Å². The van der Waals surface area contributed by atoms with Crippen molar-refractivity contribution < 1.29 is 19.0 Å². The summed E-state index contributed by atoms with van der Waals surface area (Å²) in [5.41, 5.74) is 0.0877. The summed E-state index contributed by atoms with van der Waals surface area (Å²) in [5, 5.41) is 9.38. The standard InChI is InChI=1S/C15H12BrFO3S/c1-2-21-13-5-3-4-12(14(13)15(18)19)20-11-7-9(16)6-10(17)8-11/h3-8H,2H2,1H3,(H,18,19). The Morgan fingerprint density at radius 3 is 2.76 bits per heavy atom. The van der Waals surface area contributed by atoms with Crippen LogP contribution in [0.5, 0.6) is 11.5 Å². The second-order valence-corrected chi connectivity index (χ2v) is 6.30. The van der Waals surface area contributed by atoms with E-state index >= 15 is 0 Å². The van der Waals surface area contributed by atoms with E-state index in [2.05, 4.69) is 15.9 Å². The number of carboxylic acids is 1. The highest BCUT2D eigenvalue weighted by Gasteiger charge is 2.17. The van der Waals surface area contributed by atoms with Crippen LogP contribution in [0.4, 0.5) is 4.39 Å². The van der Waals surface area contributed by atoms with Crippen LogP contribution < -0.4 is 4.74 Å². The molecule has 2 rings (SSSR count). The number of hydrogen-bond donors (Lipinski definition) is 1. The molecular weight excluding hydrogens is 359 g/mol. The Labute approximate surface area is 134 Å². The van der Waals surface area contributed by atoms with Gasteiger partial charge in [-0.15, -0.1) is 11.8 Å². The number of rotatable bonds is 5. The van der Waals surface area contributed by atoms with E-state index in [0.29, 0.717) is 9.37 Å². The number of thioether (sulfide) groups is 1. The molecule has 0 spiro atoms. The minimum Gasteiger partial charge on any atom is -0.478 e. The molecule has 0 aliphatic heterocycles. The van der Waals surface area contributed by atoms with Gasteiger partial charge >= 0.3 is 5.97 Å². The maximum atomic E-state index is 13.4. The molecule has 2 aromatic carbocycles. The van der Waals surface area contributed by atoms with E-state index in [0.717, 1.165) is 5.75 Å². The monoisotopic (exact) mass is 370 g/mol. The first-order valence-electron chi connectivity index (χ1n) is 6.14. The Kier molecular flexibility index (Phi) is 5.25. The summed E-state index contributed by atoms with van der Waals surface area (Å²) < 4.78 is 19.4. The lowest BCUT2D eigenvalue weighted by Gasteiger charge is -2.12. The molecule has 6 heteroatoms. The average molecular weight is 371 g/mol. The van der Waals surface area contributed by atoms with Gasteiger partial charge < -0.3 is 9.84 Å². The van der Waals surface area contributed by atoms with E-state index < -0.39 is 11.8 Å². The van der Waals surface area contributed by atoms with Gasteiger partial charge in [-0.25, -0.2) is 9.18 Å². The molecule has 110 valence electrons. The lowest BCUT2D eigenvalue weighted by Crippen LogP contribution is -2.02. The Balaban J connectivity index is 2.43. The SMILES string of the molecule is CCSc1cccc(Oc2cc(F)cc(Br)c2)c1C(=O)O. The summed E-state index contributed by atoms with van der Waals surface area (Å²) in [7, 11) is 0. The Morgan fingerprint density at radius 2 is 2.14 bits per heavy atom. The molecular formula is C15H12BrFO3S. The fourth-order valence-corrected chi connectivity index (χ4v) is 3.06. The van der Waals surface area contributed by atoms with Crippen LogP contribution in [0.3, 0.4) is 0 Å². The Morgan fingerprint density at radius 1 is 1.38 bits per heavy atom. The highest BCUT2D eigenvalue weighted by molar-refractivity contribution is 9.10. The number of ether oxygens (including phenoxy) is 1. The summed E-state index contributed by atoms with van der Waals surface area (Å²) in [5.74, 6) is -0.358. The number of aromatic carboxylic acids is 1. The maximum Gasteiger partial charge on any atom is 0.340 e. The van der Waals surface area contributed by atoms with Gasteiger partial charge in [-0.2, -0.15) is 0 Å². The van der Waals surface area contributed by atoms with Crippen LogP contribution in [0.2, 0.25) is 0 Å². The van der Waals surface area contributed by atoms with Gasteiger partial charge in [0.1, 0.15) is 22.9 Å². The molecule has 2 aromatic rings. The van der Waals surface area contributed by atoms with Crippen molar-refractivity contribution in [2.75, 3.05) is 5.75 Å². The number of hydrogen-bond acceptors (Lipinski definition) is 3. The van der Waals surface area contributed by atoms with Gasteiger partial charge in [0.15, 0.2) is 0 Å². The van der Waals surface area contributed by atoms with Crippen LogP contribution in [0.1, 0.15) is 17.3 Å². The molecule has 0 fully saturated rings. The van der Waals surface area contributed by atoms with Crippen LogP contribution >= 0.6 is 27.7 Å². The molecule has 0 aliphatic rings. The predicted octanol–water partition coefficient (Wildman–Crippen LogP) is 5.19. The molecule has 0 amide bonds. The van der Waals surface area contributed by atoms with Gasteiger partial charge in [-0.1, -0.05) is 28.9 Å². The van der Waals surface area contributed by atoms with E-state index in [9.17, 15) is 14.3 Å². The zero-order valence-corrected chi connectivity index (χ0v) is 13.5. The maximum absolute atomic E-state index is 13.4. The van der Waals surface area contributed by atoms with Crippen LogP contribution in [0.25, 0.3) is 0 Å². The molecule has 0 heterocycles. The van der Waals surface area contributed by atoms with Crippen molar-refractivity contribution >= 4 is 33.7 Å². The van der Waals surface area contributed by atoms with Gasteiger partial charge in [0, 0.05) is 15.4 Å². The first-order valence-corrected chi connectivity index (χ1v) is 7.92. The lowest BCUT2D eigenvalue weighted by atomic mass is 10.2. The minimum atomic E-state index is -1.07. The normalized spacial score (nSPS) is 10.4. The molecule has 0 saturated heterocycles. The van der Waals surface area contributed by atoms with Crippen LogP contribution in [0.15, 0.2) is 45.8 Å². The number of benzene rings is 2. The first-order chi connectivity index (χ1) is 10.0. The van der Waals surface area contributed by atoms with Gasteiger partial charge in [0.05, 0.1) is 0 Å². The van der Waals surface area contributed by atoms with Crippen LogP contribution in [0, 0.1) is 5.82 Å². The molecule has 3 nitrogen and oxygen atoms in total. The molecule has 0 aliphatic carbocycles. The van der Waals surface area contributed by atoms with Crippen molar-refractivity contribution in [3.8, 4) is 11.5 Å². The zero-order valence-electron chi connectivity index (χ0n) is 11.1. The first kappa shape index (κ1) is 15.9. The third kappa shape index (κ3) is 3.98. The average Bonchev–Trinajstić information content (AvgIpc) is 2.37. The second kappa shape index (κ2) is 6.95. The number of carbonyl (C=O) groups is 1. The summed E-state index contributed by atoms with van der Waals surface area (Å²) >= 11 is 4.59. The highest BCUT2D eigenvalue weighted by atomic mass is 79.9. The topological polar surface area (TPSA) is 46.5 Å². The number of halogens is 2. The summed E-state index contributed by atoms with van der Waals surface area (Å²) in [6.45, 7) is 1.94. The minimum absolute atomic E-state index is 0.0877. The van der Waals surface area contributed by atoms with E-state index in [-0.39, 0.29) is 17.1 Å². The van der Waals surface area contributed by atoms with Crippen molar-refractivity contribution in [1.29, 1.82) is 0 Å². The molecule has 0 atom stereocenters. The smallest absolute Gasteiger partial charge is 0.340 e. The molecule has 0 radical (unpaired) electrons. The molecule has 1 N–H and O–H groups in total. The van der Waals surface area contributed by atoms with E-state index in [1.165, 1.54) is 23.9 Å². The Hall–Kier alpha value is -1.53. The van der Waals surface area contributed by atoms with Crippen molar-refractivity contribution in [2.24, 2.45) is 0 Å². The third-order valence-corrected chi connectivity index (χ3v) is 3.96. The fourth-order valence-electron chi connectivity index (χ4n) is 1.80. The van der Waals surface area contributed by atoms with Crippen molar-refractivity contribution in [2.45, 2.75) is 11.8 Å². The quantitative estimate of drug-likeness (QED) is 0.735. The zero-order chi connectivity index (χ0) is 15.4. The third-order valence-electron chi connectivity index (χ3n) is 2.57. The molecule has 0 unspecified atom stereocenters. The largest absolute Gasteiger partial charge is 0.478 e. The molecule has 0 bridgehead atoms. The summed E-state index contributed by atoms with van der Waals surface area (Å²) in [6.07, 6.45) is 0. The molecule has 21 heavy (non-hydrogen) atoms. The molecule has 0 aromatic heterocycles. The summed E-state index contributed by atoms with van der Waals surface area (Å²) in [4.78, 5) is 12.1. The van der Waals surface area contributed by atoms with Gasteiger partial charge in [-0.3, -0.25) is 0 Å². The van der Waals surface area contributed by atoms with Crippen molar-refractivity contribution in [3.05, 3.63) is 52.3 Å². The second-order valence-electron chi connectivity index (χ2n) is 4.07. The van der Waals surface area contributed by atoms with E-state index in [4.69, 9.17) is 4.74 Å². The van der Waals surface area contributed by atoms with Crippen LogP contribution in [-0.2, 0) is 0 Å². The van der Waals surface area contributed by atoms with E-state index in [1.807, 2.05) is 6.92 Å². The van der Waals surface area contributed by atoms with Gasteiger partial charge in [0.2, 0.25) is 0 Å². The summed E-state index contributed by atoms with van der Waals surface area (Å²) in [6, 6.07) is 9.08. The predicted molar refractivity (Wildman–Crippen MR) is 84.0 cm³/mol.